The van der Waals surface area contributed by atoms with Crippen molar-refractivity contribution in [3.8, 4) is 6.07 Å². The van der Waals surface area contributed by atoms with E-state index >= 15 is 0 Å². The van der Waals surface area contributed by atoms with Gasteiger partial charge < -0.3 is 5.32 Å². The molecule has 0 saturated heterocycles. The molecule has 128 valence electrons. The van der Waals surface area contributed by atoms with E-state index in [9.17, 15) is 10.1 Å². The molecule has 7 nitrogen and oxygen atoms in total. The fourth-order valence-corrected chi connectivity index (χ4v) is 2.39. The molecule has 26 heavy (non-hydrogen) atoms. The number of carbonyl (C=O) groups is 1. The lowest BCUT2D eigenvalue weighted by Gasteiger charge is -2.08. The van der Waals surface area contributed by atoms with Crippen molar-refractivity contribution >= 4 is 28.6 Å². The highest BCUT2D eigenvalue weighted by atomic mass is 35.5. The van der Waals surface area contributed by atoms with Gasteiger partial charge in [0, 0.05) is 17.3 Å². The van der Waals surface area contributed by atoms with Crippen LogP contribution in [0.2, 0.25) is 5.02 Å². The number of aromatic amines is 1. The number of benzene rings is 2. The molecule has 0 fully saturated rings. The van der Waals surface area contributed by atoms with Gasteiger partial charge in [0.25, 0.3) is 0 Å². The smallest absolute Gasteiger partial charge is 0.216 e. The third kappa shape index (κ3) is 3.77. The van der Waals surface area contributed by atoms with E-state index in [2.05, 4.69) is 25.9 Å². The molecule has 0 spiro atoms. The molecule has 0 bridgehead atoms. The minimum absolute atomic E-state index is 0.118. The molecule has 0 aliphatic rings. The first-order valence-corrected chi connectivity index (χ1v) is 7.98. The van der Waals surface area contributed by atoms with Crippen LogP contribution in [0.5, 0.6) is 0 Å². The van der Waals surface area contributed by atoms with Gasteiger partial charge in [-0.1, -0.05) is 41.4 Å². The molecule has 8 heteroatoms. The van der Waals surface area contributed by atoms with Crippen LogP contribution >= 0.6 is 11.6 Å². The Balaban J connectivity index is 1.87. The topological polar surface area (TPSA) is 107 Å². The van der Waals surface area contributed by atoms with Gasteiger partial charge in [-0.2, -0.15) is 10.5 Å². The van der Waals surface area contributed by atoms with Crippen LogP contribution in [0.15, 0.2) is 48.7 Å². The Kier molecular flexibility index (Phi) is 5.06. The monoisotopic (exact) mass is 364 g/mol. The summed E-state index contributed by atoms with van der Waals surface area (Å²) < 4.78 is 0. The minimum atomic E-state index is -0.118. The van der Waals surface area contributed by atoms with E-state index < -0.39 is 0 Å². The summed E-state index contributed by atoms with van der Waals surface area (Å²) in [6.45, 7) is 1.96. The Hall–Kier alpha value is -3.50. The number of aryl methyl sites for hydroxylation is 1. The largest absolute Gasteiger partial charge is 0.359 e. The number of aromatic nitrogens is 4. The first-order valence-electron chi connectivity index (χ1n) is 7.60. The number of tetrazole rings is 1. The van der Waals surface area contributed by atoms with E-state index in [-0.39, 0.29) is 17.2 Å². The maximum absolute atomic E-state index is 12.6. The van der Waals surface area contributed by atoms with Gasteiger partial charge in [-0.25, -0.2) is 0 Å². The van der Waals surface area contributed by atoms with Crippen molar-refractivity contribution in [3.63, 3.8) is 0 Å². The number of nitrogens with one attached hydrogen (secondary N) is 2. The number of hydrogen-bond donors (Lipinski definition) is 2. The van der Waals surface area contributed by atoms with Crippen molar-refractivity contribution < 1.29 is 4.79 Å². The molecule has 0 unspecified atom stereocenters. The molecule has 2 N–H and O–H groups in total. The van der Waals surface area contributed by atoms with Gasteiger partial charge in [-0.15, -0.1) is 10.2 Å². The van der Waals surface area contributed by atoms with Gasteiger partial charge in [0.15, 0.2) is 5.78 Å². The summed E-state index contributed by atoms with van der Waals surface area (Å²) in [6, 6.07) is 14.2. The minimum Gasteiger partial charge on any atom is -0.359 e. The van der Waals surface area contributed by atoms with Crippen LogP contribution in [0.25, 0.3) is 5.57 Å². The maximum Gasteiger partial charge on any atom is 0.216 e. The summed E-state index contributed by atoms with van der Waals surface area (Å²) >= 11 is 6.18. The predicted octanol–water partition coefficient (Wildman–Crippen LogP) is 3.37. The van der Waals surface area contributed by atoms with Crippen LogP contribution in [0.1, 0.15) is 27.3 Å². The number of allylic oxidation sites excluding steroid dienone is 1. The quantitative estimate of drug-likeness (QED) is 0.531. The van der Waals surface area contributed by atoms with E-state index in [0.717, 1.165) is 5.56 Å². The zero-order valence-electron chi connectivity index (χ0n) is 13.7. The molecule has 0 amide bonds. The molecule has 0 radical (unpaired) electrons. The lowest BCUT2D eigenvalue weighted by molar-refractivity contribution is 0.103. The molecule has 3 aromatic rings. The van der Waals surface area contributed by atoms with E-state index in [0.29, 0.717) is 21.8 Å². The molecular weight excluding hydrogens is 352 g/mol. The van der Waals surface area contributed by atoms with Crippen molar-refractivity contribution in [2.24, 2.45) is 0 Å². The summed E-state index contributed by atoms with van der Waals surface area (Å²) in [7, 11) is 0. The zero-order chi connectivity index (χ0) is 18.5. The number of ketones is 1. The molecular formula is C18H13ClN6O. The Morgan fingerprint density at radius 3 is 2.62 bits per heavy atom. The normalized spacial score (nSPS) is 11.0. The van der Waals surface area contributed by atoms with Crippen molar-refractivity contribution in [2.75, 3.05) is 5.32 Å². The first kappa shape index (κ1) is 17.3. The molecule has 3 rings (SSSR count). The molecule has 0 aliphatic carbocycles. The number of H-pyrrole nitrogens is 1. The molecule has 0 aliphatic heterocycles. The third-order valence-corrected chi connectivity index (χ3v) is 3.95. The Bertz CT molecular complexity index is 1000. The van der Waals surface area contributed by atoms with Gasteiger partial charge in [0.2, 0.25) is 5.82 Å². The summed E-state index contributed by atoms with van der Waals surface area (Å²) in [4.78, 5) is 12.6. The second-order valence-electron chi connectivity index (χ2n) is 5.44. The number of hydrogen-bond acceptors (Lipinski definition) is 6. The van der Waals surface area contributed by atoms with Crippen molar-refractivity contribution in [2.45, 2.75) is 6.92 Å². The highest BCUT2D eigenvalue weighted by Gasteiger charge is 2.12. The van der Waals surface area contributed by atoms with Crippen molar-refractivity contribution in [1.29, 1.82) is 5.26 Å². The number of carbonyl (C=O) groups excluding carboxylic acids is 1. The zero-order valence-corrected chi connectivity index (χ0v) is 14.4. The fraction of sp³-hybridized carbons (Fsp3) is 0.0556. The van der Waals surface area contributed by atoms with E-state index in [1.807, 2.05) is 25.1 Å². The summed E-state index contributed by atoms with van der Waals surface area (Å²) in [5.74, 6) is 0.0374. The second-order valence-corrected chi connectivity index (χ2v) is 5.85. The number of nitriles is 1. The van der Waals surface area contributed by atoms with Gasteiger partial charge in [0.1, 0.15) is 11.6 Å². The first-order chi connectivity index (χ1) is 12.6. The number of rotatable bonds is 5. The second kappa shape index (κ2) is 7.59. The highest BCUT2D eigenvalue weighted by molar-refractivity contribution is 6.33. The highest BCUT2D eigenvalue weighted by Crippen LogP contribution is 2.25. The van der Waals surface area contributed by atoms with E-state index in [1.165, 1.54) is 6.20 Å². The molecule has 0 atom stereocenters. The van der Waals surface area contributed by atoms with Crippen LogP contribution < -0.4 is 5.32 Å². The number of anilines is 1. The van der Waals surface area contributed by atoms with Crippen LogP contribution in [-0.2, 0) is 0 Å². The molecule has 1 heterocycles. The van der Waals surface area contributed by atoms with Crippen LogP contribution in [0.3, 0.4) is 0 Å². The average Bonchev–Trinajstić information content (AvgIpc) is 3.18. The number of halogens is 1. The maximum atomic E-state index is 12.6. The Morgan fingerprint density at radius 2 is 1.96 bits per heavy atom. The lowest BCUT2D eigenvalue weighted by Crippen LogP contribution is -2.02. The Morgan fingerprint density at radius 1 is 1.23 bits per heavy atom. The van der Waals surface area contributed by atoms with Crippen LogP contribution in [0.4, 0.5) is 5.69 Å². The van der Waals surface area contributed by atoms with Gasteiger partial charge in [-0.05, 0) is 30.3 Å². The summed E-state index contributed by atoms with van der Waals surface area (Å²) in [6.07, 6.45) is 1.41. The van der Waals surface area contributed by atoms with Crippen molar-refractivity contribution in [1.82, 2.24) is 20.6 Å². The third-order valence-electron chi connectivity index (χ3n) is 3.62. The number of nitrogens with zero attached hydrogens (tertiary/aromatic N) is 4. The fourth-order valence-electron chi connectivity index (χ4n) is 2.22. The average molecular weight is 365 g/mol. The standard InChI is InChI=1S/C18H13ClN6O/c1-11-2-4-12(5-3-11)17(26)13-6-7-15(19)16(8-13)21-10-14(9-20)18-22-24-25-23-18/h2-8,10,21H,1H3,(H,22,23,24,25). The summed E-state index contributed by atoms with van der Waals surface area (Å²) in [5.41, 5.74) is 2.80. The molecule has 2 aromatic carbocycles. The van der Waals surface area contributed by atoms with Crippen LogP contribution in [-0.4, -0.2) is 26.4 Å². The SMILES string of the molecule is Cc1ccc(C(=O)c2ccc(Cl)c(NC=C(C#N)c3nn[nH]n3)c2)cc1. The molecule has 1 aromatic heterocycles. The van der Waals surface area contributed by atoms with Crippen LogP contribution in [0, 0.1) is 18.3 Å². The Labute approximate surface area is 154 Å². The van der Waals surface area contributed by atoms with Gasteiger partial charge in [-0.3, -0.25) is 4.79 Å². The lowest BCUT2D eigenvalue weighted by atomic mass is 10.0. The van der Waals surface area contributed by atoms with Crippen molar-refractivity contribution in [3.05, 3.63) is 76.2 Å². The van der Waals surface area contributed by atoms with E-state index in [1.54, 1.807) is 30.3 Å². The van der Waals surface area contributed by atoms with Gasteiger partial charge >= 0.3 is 0 Å². The predicted molar refractivity (Wildman–Crippen MR) is 97.5 cm³/mol. The van der Waals surface area contributed by atoms with E-state index in [4.69, 9.17) is 11.6 Å². The van der Waals surface area contributed by atoms with Gasteiger partial charge in [0.05, 0.1) is 10.7 Å². The summed E-state index contributed by atoms with van der Waals surface area (Å²) in [5, 5.41) is 25.7. The molecule has 0 saturated carbocycles.